The summed E-state index contributed by atoms with van der Waals surface area (Å²) < 4.78 is 27.1. The third-order valence-electron chi connectivity index (χ3n) is 3.33. The van der Waals surface area contributed by atoms with Crippen LogP contribution in [0.15, 0.2) is 54.9 Å². The fourth-order valence-electron chi connectivity index (χ4n) is 2.31. The average molecular weight is 270 g/mol. The molecule has 0 bridgehead atoms. The molecule has 1 unspecified atom stereocenters. The van der Waals surface area contributed by atoms with Crippen LogP contribution in [0.3, 0.4) is 0 Å². The molecule has 2 aromatic carbocycles. The molecule has 0 fully saturated rings. The molecule has 1 aromatic heterocycles. The smallest absolute Gasteiger partial charge is 0.128 e. The van der Waals surface area contributed by atoms with Crippen LogP contribution in [0.5, 0.6) is 0 Å². The zero-order chi connectivity index (χ0) is 14.1. The Labute approximate surface area is 114 Å². The molecule has 4 heteroatoms. The number of benzene rings is 2. The van der Waals surface area contributed by atoms with Gasteiger partial charge in [-0.05, 0) is 29.1 Å². The summed E-state index contributed by atoms with van der Waals surface area (Å²) in [5, 5.41) is 1.80. The van der Waals surface area contributed by atoms with Crippen molar-refractivity contribution in [3.8, 4) is 0 Å². The molecule has 3 aromatic rings. The monoisotopic (exact) mass is 270 g/mol. The quantitative estimate of drug-likeness (QED) is 0.773. The fourth-order valence-corrected chi connectivity index (χ4v) is 2.31. The maximum absolute atomic E-state index is 13.8. The van der Waals surface area contributed by atoms with Gasteiger partial charge in [0.05, 0.1) is 6.04 Å². The molecule has 0 amide bonds. The Kier molecular flexibility index (Phi) is 3.16. The van der Waals surface area contributed by atoms with Crippen LogP contribution >= 0.6 is 0 Å². The summed E-state index contributed by atoms with van der Waals surface area (Å²) in [7, 11) is 0. The molecule has 0 aliphatic rings. The standard InChI is InChI=1S/C16H12F2N2/c17-11-5-6-15(18)13(7-11)16(19)14-9-20-8-10-3-1-2-4-12(10)14/h1-9,16H,19H2. The van der Waals surface area contributed by atoms with Crippen molar-refractivity contribution in [1.29, 1.82) is 0 Å². The van der Waals surface area contributed by atoms with E-state index in [2.05, 4.69) is 4.98 Å². The molecule has 100 valence electrons. The van der Waals surface area contributed by atoms with Gasteiger partial charge < -0.3 is 5.73 Å². The highest BCUT2D eigenvalue weighted by atomic mass is 19.1. The minimum atomic E-state index is -0.760. The molecule has 0 saturated heterocycles. The van der Waals surface area contributed by atoms with Crippen LogP contribution in [-0.2, 0) is 0 Å². The predicted octanol–water partition coefficient (Wildman–Crippen LogP) is 3.56. The molecule has 0 aliphatic carbocycles. The highest BCUT2D eigenvalue weighted by Crippen LogP contribution is 2.28. The summed E-state index contributed by atoms with van der Waals surface area (Å²) in [5.74, 6) is -1.03. The highest BCUT2D eigenvalue weighted by molar-refractivity contribution is 5.85. The molecular formula is C16H12F2N2. The van der Waals surface area contributed by atoms with Gasteiger partial charge in [0.2, 0.25) is 0 Å². The van der Waals surface area contributed by atoms with Crippen molar-refractivity contribution in [2.24, 2.45) is 5.73 Å². The van der Waals surface area contributed by atoms with Crippen LogP contribution < -0.4 is 5.73 Å². The zero-order valence-corrected chi connectivity index (χ0v) is 10.6. The van der Waals surface area contributed by atoms with E-state index in [1.165, 1.54) is 0 Å². The number of rotatable bonds is 2. The molecule has 20 heavy (non-hydrogen) atoms. The van der Waals surface area contributed by atoms with Crippen LogP contribution in [0.2, 0.25) is 0 Å². The molecule has 2 nitrogen and oxygen atoms in total. The van der Waals surface area contributed by atoms with Gasteiger partial charge in [-0.2, -0.15) is 0 Å². The maximum atomic E-state index is 13.8. The van der Waals surface area contributed by atoms with Gasteiger partial charge in [0.15, 0.2) is 0 Å². The number of nitrogens with zero attached hydrogens (tertiary/aromatic N) is 1. The van der Waals surface area contributed by atoms with Crippen LogP contribution in [-0.4, -0.2) is 4.98 Å². The lowest BCUT2D eigenvalue weighted by Crippen LogP contribution is -2.14. The Hall–Kier alpha value is -2.33. The van der Waals surface area contributed by atoms with Crippen LogP contribution in [0.25, 0.3) is 10.8 Å². The first-order valence-corrected chi connectivity index (χ1v) is 6.20. The van der Waals surface area contributed by atoms with E-state index in [-0.39, 0.29) is 5.56 Å². The number of fused-ring (bicyclic) bond motifs is 1. The molecular weight excluding hydrogens is 258 g/mol. The van der Waals surface area contributed by atoms with Crippen LogP contribution in [0, 0.1) is 11.6 Å². The van der Waals surface area contributed by atoms with E-state index in [9.17, 15) is 8.78 Å². The second kappa shape index (κ2) is 4.98. The summed E-state index contributed by atoms with van der Waals surface area (Å²) in [6.45, 7) is 0. The first-order valence-electron chi connectivity index (χ1n) is 6.20. The van der Waals surface area contributed by atoms with Crippen molar-refractivity contribution < 1.29 is 8.78 Å². The summed E-state index contributed by atoms with van der Waals surface area (Å²) >= 11 is 0. The van der Waals surface area contributed by atoms with Crippen molar-refractivity contribution in [3.63, 3.8) is 0 Å². The van der Waals surface area contributed by atoms with Crippen molar-refractivity contribution in [3.05, 3.63) is 77.6 Å². The second-order valence-electron chi connectivity index (χ2n) is 4.59. The van der Waals surface area contributed by atoms with Crippen LogP contribution in [0.1, 0.15) is 17.2 Å². The summed E-state index contributed by atoms with van der Waals surface area (Å²) in [4.78, 5) is 4.12. The van der Waals surface area contributed by atoms with E-state index in [1.807, 2.05) is 24.3 Å². The third-order valence-corrected chi connectivity index (χ3v) is 3.33. The van der Waals surface area contributed by atoms with Gasteiger partial charge in [-0.15, -0.1) is 0 Å². The predicted molar refractivity (Wildman–Crippen MR) is 74.1 cm³/mol. The Morgan fingerprint density at radius 3 is 2.60 bits per heavy atom. The topological polar surface area (TPSA) is 38.9 Å². The van der Waals surface area contributed by atoms with Crippen LogP contribution in [0.4, 0.5) is 8.78 Å². The van der Waals surface area contributed by atoms with Gasteiger partial charge in [0.25, 0.3) is 0 Å². The van der Waals surface area contributed by atoms with Crippen molar-refractivity contribution in [1.82, 2.24) is 4.98 Å². The lowest BCUT2D eigenvalue weighted by atomic mass is 9.96. The van der Waals surface area contributed by atoms with E-state index in [0.717, 1.165) is 29.0 Å². The number of halogens is 2. The Balaban J connectivity index is 2.17. The summed E-state index contributed by atoms with van der Waals surface area (Å²) in [6, 6.07) is 10.1. The van der Waals surface area contributed by atoms with Gasteiger partial charge >= 0.3 is 0 Å². The summed E-state index contributed by atoms with van der Waals surface area (Å²) in [5.41, 5.74) is 6.91. The first-order chi connectivity index (χ1) is 9.66. The number of hydrogen-bond acceptors (Lipinski definition) is 2. The van der Waals surface area contributed by atoms with Gasteiger partial charge in [0, 0.05) is 23.3 Å². The van der Waals surface area contributed by atoms with Gasteiger partial charge in [-0.1, -0.05) is 24.3 Å². The average Bonchev–Trinajstić information content (AvgIpc) is 2.48. The van der Waals surface area contributed by atoms with Crippen molar-refractivity contribution in [2.45, 2.75) is 6.04 Å². The number of aromatic nitrogens is 1. The van der Waals surface area contributed by atoms with E-state index in [4.69, 9.17) is 5.73 Å². The minimum Gasteiger partial charge on any atom is -0.320 e. The molecule has 0 radical (unpaired) electrons. The van der Waals surface area contributed by atoms with Gasteiger partial charge in [0.1, 0.15) is 11.6 Å². The lowest BCUT2D eigenvalue weighted by Gasteiger charge is -2.15. The van der Waals surface area contributed by atoms with Gasteiger partial charge in [-0.25, -0.2) is 8.78 Å². The molecule has 2 N–H and O–H groups in total. The SMILES string of the molecule is NC(c1cc(F)ccc1F)c1cncc2ccccc12. The van der Waals surface area contributed by atoms with Gasteiger partial charge in [-0.3, -0.25) is 4.98 Å². The maximum Gasteiger partial charge on any atom is 0.128 e. The highest BCUT2D eigenvalue weighted by Gasteiger charge is 2.17. The van der Waals surface area contributed by atoms with E-state index < -0.39 is 17.7 Å². The Morgan fingerprint density at radius 1 is 0.950 bits per heavy atom. The Bertz CT molecular complexity index is 766. The summed E-state index contributed by atoms with van der Waals surface area (Å²) in [6.07, 6.45) is 3.31. The van der Waals surface area contributed by atoms with E-state index in [0.29, 0.717) is 5.56 Å². The largest absolute Gasteiger partial charge is 0.320 e. The zero-order valence-electron chi connectivity index (χ0n) is 10.6. The first kappa shape index (κ1) is 12.7. The Morgan fingerprint density at radius 2 is 1.75 bits per heavy atom. The fraction of sp³-hybridized carbons (Fsp3) is 0.0625. The number of pyridine rings is 1. The minimum absolute atomic E-state index is 0.128. The normalized spacial score (nSPS) is 12.6. The molecule has 0 aliphatic heterocycles. The number of hydrogen-bond donors (Lipinski definition) is 1. The molecule has 1 atom stereocenters. The lowest BCUT2D eigenvalue weighted by molar-refractivity contribution is 0.577. The molecule has 0 saturated carbocycles. The molecule has 1 heterocycles. The molecule has 3 rings (SSSR count). The van der Waals surface area contributed by atoms with E-state index >= 15 is 0 Å². The van der Waals surface area contributed by atoms with Crippen molar-refractivity contribution >= 4 is 10.8 Å². The second-order valence-corrected chi connectivity index (χ2v) is 4.59. The molecule has 0 spiro atoms. The van der Waals surface area contributed by atoms with E-state index in [1.54, 1.807) is 12.4 Å². The number of nitrogens with two attached hydrogens (primary N) is 1. The third kappa shape index (κ3) is 2.14. The van der Waals surface area contributed by atoms with Crippen molar-refractivity contribution in [2.75, 3.05) is 0 Å².